The first-order valence-electron chi connectivity index (χ1n) is 12.2. The Morgan fingerprint density at radius 2 is 1.77 bits per heavy atom. The molecule has 0 radical (unpaired) electrons. The third-order valence-corrected chi connectivity index (χ3v) is 6.61. The normalized spacial score (nSPS) is 14.2. The van der Waals surface area contributed by atoms with Gasteiger partial charge in [0.1, 0.15) is 18.0 Å². The lowest BCUT2D eigenvalue weighted by Gasteiger charge is -2.11. The SMILES string of the molecule is COC(=O)c1ccc(CN2C(=O)N/C(=C\c3c(C)n(CC(=O)Nc4ccccc4C)c4ccccc34)C2=O)o1. The van der Waals surface area contributed by atoms with Crippen molar-refractivity contribution in [1.29, 1.82) is 0 Å². The van der Waals surface area contributed by atoms with Crippen LogP contribution in [0.4, 0.5) is 10.5 Å². The van der Waals surface area contributed by atoms with Crippen molar-refractivity contribution >= 4 is 46.5 Å². The van der Waals surface area contributed by atoms with Crippen LogP contribution >= 0.6 is 0 Å². The van der Waals surface area contributed by atoms with E-state index in [9.17, 15) is 19.2 Å². The summed E-state index contributed by atoms with van der Waals surface area (Å²) < 4.78 is 11.9. The van der Waals surface area contributed by atoms with Crippen molar-refractivity contribution in [2.75, 3.05) is 12.4 Å². The predicted molar refractivity (Wildman–Crippen MR) is 144 cm³/mol. The fourth-order valence-corrected chi connectivity index (χ4v) is 4.58. The monoisotopic (exact) mass is 526 g/mol. The van der Waals surface area contributed by atoms with Crippen LogP contribution in [0.1, 0.15) is 33.1 Å². The first kappa shape index (κ1) is 25.5. The summed E-state index contributed by atoms with van der Waals surface area (Å²) in [6.07, 6.45) is 1.62. The number of imide groups is 1. The molecule has 0 atom stereocenters. The van der Waals surface area contributed by atoms with E-state index in [1.807, 2.05) is 66.9 Å². The Kier molecular flexibility index (Phi) is 6.76. The van der Waals surface area contributed by atoms with Crippen LogP contribution in [0.3, 0.4) is 0 Å². The van der Waals surface area contributed by atoms with Gasteiger partial charge in [-0.3, -0.25) is 14.5 Å². The van der Waals surface area contributed by atoms with E-state index in [0.29, 0.717) is 5.56 Å². The third kappa shape index (κ3) is 4.91. The molecule has 2 N–H and O–H groups in total. The maximum absolute atomic E-state index is 13.2. The predicted octanol–water partition coefficient (Wildman–Crippen LogP) is 4.37. The van der Waals surface area contributed by atoms with E-state index in [4.69, 9.17) is 4.42 Å². The Balaban J connectivity index is 1.41. The van der Waals surface area contributed by atoms with Gasteiger partial charge in [0.2, 0.25) is 11.7 Å². The van der Waals surface area contributed by atoms with Crippen molar-refractivity contribution in [1.82, 2.24) is 14.8 Å². The molecule has 2 aromatic heterocycles. The third-order valence-electron chi connectivity index (χ3n) is 6.61. The van der Waals surface area contributed by atoms with Gasteiger partial charge in [0.05, 0.1) is 13.7 Å². The Morgan fingerprint density at radius 3 is 2.54 bits per heavy atom. The number of fused-ring (bicyclic) bond motifs is 1. The highest BCUT2D eigenvalue weighted by Crippen LogP contribution is 2.29. The highest BCUT2D eigenvalue weighted by Gasteiger charge is 2.35. The number of aryl methyl sites for hydroxylation is 1. The summed E-state index contributed by atoms with van der Waals surface area (Å²) in [7, 11) is 1.23. The number of hydrogen-bond acceptors (Lipinski definition) is 6. The maximum atomic E-state index is 13.2. The summed E-state index contributed by atoms with van der Waals surface area (Å²) in [6, 6.07) is 17.4. The van der Waals surface area contributed by atoms with E-state index in [-0.39, 0.29) is 36.2 Å². The minimum atomic E-state index is -0.654. The van der Waals surface area contributed by atoms with Gasteiger partial charge in [-0.25, -0.2) is 9.59 Å². The van der Waals surface area contributed by atoms with Crippen LogP contribution < -0.4 is 10.6 Å². The van der Waals surface area contributed by atoms with E-state index in [0.717, 1.165) is 32.7 Å². The second-order valence-electron chi connectivity index (χ2n) is 9.10. The van der Waals surface area contributed by atoms with Gasteiger partial charge in [0, 0.05) is 27.8 Å². The number of esters is 1. The summed E-state index contributed by atoms with van der Waals surface area (Å²) in [4.78, 5) is 51.4. The zero-order valence-corrected chi connectivity index (χ0v) is 21.6. The van der Waals surface area contributed by atoms with Crippen molar-refractivity contribution in [3.63, 3.8) is 0 Å². The minimum Gasteiger partial charge on any atom is -0.463 e. The summed E-state index contributed by atoms with van der Waals surface area (Å²) in [5.74, 6) is -1.14. The van der Waals surface area contributed by atoms with Gasteiger partial charge in [0.15, 0.2) is 0 Å². The number of para-hydroxylation sites is 2. The molecule has 0 bridgehead atoms. The Bertz CT molecular complexity index is 1660. The number of urea groups is 1. The zero-order valence-electron chi connectivity index (χ0n) is 21.6. The molecule has 0 spiro atoms. The number of rotatable bonds is 7. The average Bonchev–Trinajstić information content (AvgIpc) is 3.58. The minimum absolute atomic E-state index is 0.0229. The van der Waals surface area contributed by atoms with Crippen LogP contribution in [-0.2, 0) is 27.4 Å². The van der Waals surface area contributed by atoms with Crippen molar-refractivity contribution in [3.05, 3.63) is 94.7 Å². The molecule has 1 aliphatic heterocycles. The van der Waals surface area contributed by atoms with Crippen molar-refractivity contribution in [3.8, 4) is 0 Å². The Hall–Kier alpha value is -5.12. The van der Waals surface area contributed by atoms with E-state index >= 15 is 0 Å². The quantitative estimate of drug-likeness (QED) is 0.209. The second kappa shape index (κ2) is 10.3. The first-order valence-corrected chi connectivity index (χ1v) is 12.2. The molecule has 5 rings (SSSR count). The van der Waals surface area contributed by atoms with Crippen molar-refractivity contribution < 1.29 is 28.3 Å². The number of nitrogens with zero attached hydrogens (tertiary/aromatic N) is 2. The van der Waals surface area contributed by atoms with Crippen LogP contribution in [0.2, 0.25) is 0 Å². The average molecular weight is 527 g/mol. The molecular formula is C29H26N4O6. The number of furan rings is 1. The van der Waals surface area contributed by atoms with Gasteiger partial charge in [0.25, 0.3) is 5.91 Å². The van der Waals surface area contributed by atoms with E-state index in [1.54, 1.807) is 6.08 Å². The molecule has 10 heteroatoms. The highest BCUT2D eigenvalue weighted by molar-refractivity contribution is 6.14. The van der Waals surface area contributed by atoms with Crippen molar-refractivity contribution in [2.24, 2.45) is 0 Å². The zero-order chi connectivity index (χ0) is 27.7. The molecular weight excluding hydrogens is 500 g/mol. The lowest BCUT2D eigenvalue weighted by molar-refractivity contribution is -0.123. The maximum Gasteiger partial charge on any atom is 0.373 e. The largest absolute Gasteiger partial charge is 0.463 e. The fraction of sp³-hybridized carbons (Fsp3) is 0.172. The molecule has 1 aliphatic rings. The van der Waals surface area contributed by atoms with Gasteiger partial charge < -0.3 is 24.4 Å². The lowest BCUT2D eigenvalue weighted by atomic mass is 10.1. The molecule has 10 nitrogen and oxygen atoms in total. The number of aromatic nitrogens is 1. The van der Waals surface area contributed by atoms with Crippen LogP contribution in [0.25, 0.3) is 17.0 Å². The molecule has 1 saturated heterocycles. The molecule has 0 aliphatic carbocycles. The molecule has 198 valence electrons. The number of benzene rings is 2. The number of methoxy groups -OCH3 is 1. The van der Waals surface area contributed by atoms with Gasteiger partial charge in [-0.05, 0) is 49.8 Å². The first-order chi connectivity index (χ1) is 18.8. The summed E-state index contributed by atoms with van der Waals surface area (Å²) >= 11 is 0. The molecule has 39 heavy (non-hydrogen) atoms. The molecule has 3 heterocycles. The number of ether oxygens (including phenoxy) is 1. The van der Waals surface area contributed by atoms with Crippen LogP contribution in [0.5, 0.6) is 0 Å². The van der Waals surface area contributed by atoms with Crippen molar-refractivity contribution in [2.45, 2.75) is 26.9 Å². The fourth-order valence-electron chi connectivity index (χ4n) is 4.58. The van der Waals surface area contributed by atoms with Gasteiger partial charge in [-0.1, -0.05) is 36.4 Å². The van der Waals surface area contributed by atoms with Crippen LogP contribution in [0.15, 0.2) is 70.8 Å². The van der Waals surface area contributed by atoms with E-state index < -0.39 is 17.9 Å². The number of carbonyl (C=O) groups excluding carboxylic acids is 4. The Labute approximate surface area is 223 Å². The topological polar surface area (TPSA) is 123 Å². The Morgan fingerprint density at radius 1 is 1.03 bits per heavy atom. The molecule has 4 amide bonds. The number of carbonyl (C=O) groups is 4. The number of anilines is 1. The summed E-state index contributed by atoms with van der Waals surface area (Å²) in [5.41, 5.74) is 4.09. The standard InChI is InChI=1S/C29H26N4O6/c1-17-8-4-6-10-22(17)30-26(34)16-32-18(2)21(20-9-5-7-11-24(20)32)14-23-27(35)33(29(37)31-23)15-19-12-13-25(39-19)28(36)38-3/h4-14H,15-16H2,1-3H3,(H,30,34)(H,31,37)/b23-14-. The van der Waals surface area contributed by atoms with Gasteiger partial charge in [-0.2, -0.15) is 0 Å². The smallest absolute Gasteiger partial charge is 0.373 e. The second-order valence-corrected chi connectivity index (χ2v) is 9.10. The lowest BCUT2D eigenvalue weighted by Crippen LogP contribution is -2.30. The van der Waals surface area contributed by atoms with Crippen LogP contribution in [0, 0.1) is 13.8 Å². The number of nitrogens with one attached hydrogen (secondary N) is 2. The number of hydrogen-bond donors (Lipinski definition) is 2. The van der Waals surface area contributed by atoms with Gasteiger partial charge >= 0.3 is 12.0 Å². The molecule has 0 unspecified atom stereocenters. The molecule has 0 saturated carbocycles. The summed E-state index contributed by atoms with van der Waals surface area (Å²) in [5, 5.41) is 6.41. The van der Waals surface area contributed by atoms with Gasteiger partial charge in [-0.15, -0.1) is 0 Å². The van der Waals surface area contributed by atoms with E-state index in [1.165, 1.54) is 19.2 Å². The van der Waals surface area contributed by atoms with Crippen LogP contribution in [-0.4, -0.2) is 40.4 Å². The molecule has 2 aromatic carbocycles. The molecule has 4 aromatic rings. The van der Waals surface area contributed by atoms with E-state index in [2.05, 4.69) is 15.4 Å². The number of amides is 4. The highest BCUT2D eigenvalue weighted by atomic mass is 16.5. The molecule has 1 fully saturated rings. The summed E-state index contributed by atoms with van der Waals surface area (Å²) in [6.45, 7) is 3.70.